The third-order valence-electron chi connectivity index (χ3n) is 2.79. The van der Waals surface area contributed by atoms with Crippen LogP contribution in [0, 0.1) is 29.6 Å². The smallest absolute Gasteiger partial charge is 0.0752 e. The minimum absolute atomic E-state index is 0.247. The van der Waals surface area contributed by atoms with Crippen LogP contribution in [0.1, 0.15) is 54.4 Å². The zero-order valence-corrected chi connectivity index (χ0v) is 12.9. The average molecular weight is 250 g/mol. The third-order valence-corrected chi connectivity index (χ3v) is 2.79. The van der Waals surface area contributed by atoms with Gasteiger partial charge in [-0.15, -0.1) is 6.42 Å². The van der Waals surface area contributed by atoms with Crippen molar-refractivity contribution in [1.29, 1.82) is 0 Å². The highest BCUT2D eigenvalue weighted by Gasteiger charge is 2.28. The van der Waals surface area contributed by atoms with Crippen LogP contribution in [-0.2, 0) is 0 Å². The maximum Gasteiger partial charge on any atom is 0.0752 e. The van der Waals surface area contributed by atoms with Crippen molar-refractivity contribution in [1.82, 2.24) is 0 Å². The van der Waals surface area contributed by atoms with E-state index in [-0.39, 0.29) is 5.41 Å². The molecule has 1 nitrogen and oxygen atoms in total. The van der Waals surface area contributed by atoms with E-state index in [4.69, 9.17) is 11.5 Å². The molecule has 1 N–H and O–H groups in total. The van der Waals surface area contributed by atoms with E-state index in [1.54, 1.807) is 6.08 Å². The Morgan fingerprint density at radius 1 is 1.28 bits per heavy atom. The van der Waals surface area contributed by atoms with Crippen LogP contribution in [-0.4, -0.2) is 5.11 Å². The fourth-order valence-corrected chi connectivity index (χ4v) is 1.59. The molecule has 0 bridgehead atoms. The van der Waals surface area contributed by atoms with Crippen molar-refractivity contribution < 1.29 is 5.11 Å². The van der Waals surface area contributed by atoms with Gasteiger partial charge in [-0.3, -0.25) is 0 Å². The molecule has 0 aliphatic carbocycles. The Morgan fingerprint density at radius 2 is 1.78 bits per heavy atom. The van der Waals surface area contributed by atoms with E-state index in [1.165, 1.54) is 0 Å². The highest BCUT2D eigenvalue weighted by molar-refractivity contribution is 5.20. The van der Waals surface area contributed by atoms with Crippen molar-refractivity contribution in [3.05, 3.63) is 24.5 Å². The normalized spacial score (nSPS) is 16.1. The first kappa shape index (κ1) is 19.2. The van der Waals surface area contributed by atoms with Crippen LogP contribution in [0.3, 0.4) is 0 Å². The van der Waals surface area contributed by atoms with Crippen LogP contribution < -0.4 is 0 Å². The minimum Gasteiger partial charge on any atom is -0.516 e. The summed E-state index contributed by atoms with van der Waals surface area (Å²) >= 11 is 0. The van der Waals surface area contributed by atoms with Crippen molar-refractivity contribution in [2.45, 2.75) is 54.4 Å². The highest BCUT2D eigenvalue weighted by atomic mass is 16.2. The van der Waals surface area contributed by atoms with E-state index in [1.807, 2.05) is 13.0 Å². The van der Waals surface area contributed by atoms with E-state index >= 15 is 0 Å². The molecule has 0 saturated heterocycles. The lowest BCUT2D eigenvalue weighted by molar-refractivity contribution is 0.326. The van der Waals surface area contributed by atoms with Gasteiger partial charge in [-0.1, -0.05) is 59.1 Å². The van der Waals surface area contributed by atoms with Gasteiger partial charge in [0.1, 0.15) is 0 Å². The van der Waals surface area contributed by atoms with Gasteiger partial charge >= 0.3 is 0 Å². The van der Waals surface area contributed by atoms with Crippen LogP contribution in [0.25, 0.3) is 0 Å². The maximum atomic E-state index is 8.67. The minimum atomic E-state index is -0.247. The van der Waals surface area contributed by atoms with Gasteiger partial charge < -0.3 is 5.11 Å². The van der Waals surface area contributed by atoms with Crippen molar-refractivity contribution in [3.8, 4) is 12.3 Å². The Bertz CT molecular complexity index is 278. The fraction of sp³-hybridized carbons (Fsp3) is 0.647. The lowest BCUT2D eigenvalue weighted by Gasteiger charge is -2.30. The van der Waals surface area contributed by atoms with Crippen molar-refractivity contribution in [2.24, 2.45) is 17.3 Å². The highest BCUT2D eigenvalue weighted by Crippen LogP contribution is 2.35. The Balaban J connectivity index is 0. The fourth-order valence-electron chi connectivity index (χ4n) is 1.59. The largest absolute Gasteiger partial charge is 0.516 e. The Hall–Kier alpha value is -1.16. The molecule has 0 aromatic carbocycles. The number of terminal acetylenes is 1. The molecule has 0 aliphatic rings. The Morgan fingerprint density at radius 3 is 2.06 bits per heavy atom. The van der Waals surface area contributed by atoms with Crippen LogP contribution in [0.15, 0.2) is 24.5 Å². The molecule has 0 aromatic heterocycles. The van der Waals surface area contributed by atoms with Gasteiger partial charge in [-0.05, 0) is 31.3 Å². The summed E-state index contributed by atoms with van der Waals surface area (Å²) in [7, 11) is 0. The molecular formula is C17H30O. The van der Waals surface area contributed by atoms with Gasteiger partial charge in [0.05, 0.1) is 11.7 Å². The molecule has 0 aliphatic heterocycles. The number of allylic oxidation sites excluding steroid dienone is 3. The molecule has 0 amide bonds. The van der Waals surface area contributed by atoms with E-state index < -0.39 is 0 Å². The van der Waals surface area contributed by atoms with Crippen LogP contribution in [0.2, 0.25) is 0 Å². The summed E-state index contributed by atoms with van der Waals surface area (Å²) in [5.74, 6) is 4.10. The van der Waals surface area contributed by atoms with Crippen LogP contribution in [0.5, 0.6) is 0 Å². The van der Waals surface area contributed by atoms with Gasteiger partial charge in [0.15, 0.2) is 0 Å². The predicted octanol–water partition coefficient (Wildman–Crippen LogP) is 5.35. The van der Waals surface area contributed by atoms with Gasteiger partial charge in [-0.2, -0.15) is 0 Å². The van der Waals surface area contributed by atoms with E-state index in [9.17, 15) is 0 Å². The maximum absolute atomic E-state index is 8.67. The zero-order valence-electron chi connectivity index (χ0n) is 12.9. The third kappa shape index (κ3) is 8.01. The summed E-state index contributed by atoms with van der Waals surface area (Å²) in [6.07, 6.45) is 14.1. The molecule has 0 fully saturated rings. The SMILES string of the molecule is C#CC(/C=C\C)(C/C=C/O)C(C)CC.CC(C)C. The van der Waals surface area contributed by atoms with E-state index in [2.05, 4.69) is 46.6 Å². The molecule has 104 valence electrons. The Labute approximate surface area is 114 Å². The lowest BCUT2D eigenvalue weighted by atomic mass is 9.73. The molecule has 0 radical (unpaired) electrons. The van der Waals surface area contributed by atoms with Gasteiger partial charge in [0, 0.05) is 0 Å². The topological polar surface area (TPSA) is 20.2 Å². The monoisotopic (exact) mass is 250 g/mol. The number of rotatable bonds is 5. The summed E-state index contributed by atoms with van der Waals surface area (Å²) < 4.78 is 0. The lowest BCUT2D eigenvalue weighted by Crippen LogP contribution is -2.23. The first-order chi connectivity index (χ1) is 8.40. The average Bonchev–Trinajstić information content (AvgIpc) is 2.33. The van der Waals surface area contributed by atoms with Gasteiger partial charge in [-0.25, -0.2) is 0 Å². The molecule has 2 unspecified atom stereocenters. The van der Waals surface area contributed by atoms with Crippen molar-refractivity contribution >= 4 is 0 Å². The predicted molar refractivity (Wildman–Crippen MR) is 82.4 cm³/mol. The molecule has 0 aromatic rings. The van der Waals surface area contributed by atoms with Crippen LogP contribution >= 0.6 is 0 Å². The first-order valence-corrected chi connectivity index (χ1v) is 6.80. The number of hydrogen-bond acceptors (Lipinski definition) is 1. The zero-order chi connectivity index (χ0) is 14.6. The van der Waals surface area contributed by atoms with Gasteiger partial charge in [0.25, 0.3) is 0 Å². The molecule has 2 atom stereocenters. The molecule has 1 heteroatoms. The molecular weight excluding hydrogens is 220 g/mol. The van der Waals surface area contributed by atoms with Crippen molar-refractivity contribution in [2.75, 3.05) is 0 Å². The van der Waals surface area contributed by atoms with Gasteiger partial charge in [0.2, 0.25) is 0 Å². The second kappa shape index (κ2) is 11.0. The van der Waals surface area contributed by atoms with Crippen molar-refractivity contribution in [3.63, 3.8) is 0 Å². The summed E-state index contributed by atoms with van der Waals surface area (Å²) in [4.78, 5) is 0. The summed E-state index contributed by atoms with van der Waals surface area (Å²) in [6.45, 7) is 12.7. The second-order valence-electron chi connectivity index (χ2n) is 5.31. The molecule has 0 heterocycles. The summed E-state index contributed by atoms with van der Waals surface area (Å²) in [5, 5.41) is 8.67. The number of aliphatic hydroxyl groups excluding tert-OH is 1. The molecule has 18 heavy (non-hydrogen) atoms. The number of hydrogen-bond donors (Lipinski definition) is 1. The second-order valence-corrected chi connectivity index (χ2v) is 5.31. The summed E-state index contributed by atoms with van der Waals surface area (Å²) in [6, 6.07) is 0. The molecule has 0 spiro atoms. The first-order valence-electron chi connectivity index (χ1n) is 6.80. The Kier molecular flexibility index (Phi) is 11.7. The number of aliphatic hydroxyl groups is 1. The quantitative estimate of drug-likeness (QED) is 0.396. The van der Waals surface area contributed by atoms with E-state index in [0.29, 0.717) is 12.3 Å². The molecule has 0 rings (SSSR count). The standard InChI is InChI=1S/C13H20O.C4H10/c1-5-9-13(7-3,10-8-11-14)12(4)6-2;1-4(2)3/h3,5,8-9,11-12,14H,6,10H2,1-2,4H3;4H,1-3H3/b9-5-,11-8+;. The molecule has 0 saturated carbocycles. The van der Waals surface area contributed by atoms with E-state index in [0.717, 1.165) is 18.6 Å². The summed E-state index contributed by atoms with van der Waals surface area (Å²) in [5.41, 5.74) is -0.247. The van der Waals surface area contributed by atoms with Crippen LogP contribution in [0.4, 0.5) is 0 Å².